The van der Waals surface area contributed by atoms with Crippen LogP contribution >= 0.6 is 0 Å². The van der Waals surface area contributed by atoms with Crippen LogP contribution in [0, 0.1) is 11.3 Å². The van der Waals surface area contributed by atoms with Gasteiger partial charge in [-0.15, -0.1) is 0 Å². The Morgan fingerprint density at radius 1 is 1.21 bits per heavy atom. The van der Waals surface area contributed by atoms with Crippen molar-refractivity contribution in [3.05, 3.63) is 35.6 Å². The van der Waals surface area contributed by atoms with Gasteiger partial charge in [-0.2, -0.15) is 10.2 Å². The highest BCUT2D eigenvalue weighted by Crippen LogP contribution is 2.41. The zero-order chi connectivity index (χ0) is 22.4. The predicted molar refractivity (Wildman–Crippen MR) is 126 cm³/mol. The lowest BCUT2D eigenvalue weighted by Gasteiger charge is -2.41. The summed E-state index contributed by atoms with van der Waals surface area (Å²) < 4.78 is 12.7. The molecule has 4 aliphatic rings. The molecule has 2 fully saturated rings. The monoisotopic (exact) mass is 461 g/mol. The summed E-state index contributed by atoms with van der Waals surface area (Å²) in [5.74, 6) is 3.40. The summed E-state index contributed by atoms with van der Waals surface area (Å²) in [5, 5.41) is 12.8. The van der Waals surface area contributed by atoms with Crippen molar-refractivity contribution in [2.75, 3.05) is 29.1 Å². The van der Waals surface area contributed by atoms with Crippen LogP contribution in [0.2, 0.25) is 0 Å². The number of aryl methyl sites for hydroxylation is 1. The van der Waals surface area contributed by atoms with Gasteiger partial charge in [0.25, 0.3) is 0 Å². The molecule has 2 aromatic heterocycles. The van der Waals surface area contributed by atoms with Crippen molar-refractivity contribution >= 4 is 28.1 Å². The van der Waals surface area contributed by atoms with E-state index in [0.29, 0.717) is 42.8 Å². The van der Waals surface area contributed by atoms with Crippen molar-refractivity contribution in [3.63, 3.8) is 0 Å². The number of fused-ring (bicyclic) bond motifs is 1. The van der Waals surface area contributed by atoms with Gasteiger partial charge in [-0.05, 0) is 55.6 Å². The molecule has 6 rings (SSSR count). The Labute approximate surface area is 196 Å². The highest BCUT2D eigenvalue weighted by atomic mass is 32.2. The van der Waals surface area contributed by atoms with E-state index >= 15 is 0 Å². The normalized spacial score (nSPS) is 23.3. The van der Waals surface area contributed by atoms with Crippen LogP contribution in [0.4, 0.5) is 11.8 Å². The highest BCUT2D eigenvalue weighted by Gasteiger charge is 2.39. The minimum absolute atomic E-state index is 0.250. The van der Waals surface area contributed by atoms with Gasteiger partial charge in [-0.25, -0.2) is 15.0 Å². The third-order valence-corrected chi connectivity index (χ3v) is 8.75. The van der Waals surface area contributed by atoms with Gasteiger partial charge in [0, 0.05) is 37.7 Å². The summed E-state index contributed by atoms with van der Waals surface area (Å²) >= 11 is 0. The fourth-order valence-electron chi connectivity index (χ4n) is 4.95. The predicted octanol–water partition coefficient (Wildman–Crippen LogP) is 3.35. The van der Waals surface area contributed by atoms with Gasteiger partial charge >= 0.3 is 0 Å². The van der Waals surface area contributed by atoms with Crippen molar-refractivity contribution < 1.29 is 4.21 Å². The van der Waals surface area contributed by atoms with Crippen LogP contribution in [0.1, 0.15) is 67.9 Å². The molecule has 2 aliphatic heterocycles. The van der Waals surface area contributed by atoms with Crippen molar-refractivity contribution in [2.45, 2.75) is 67.7 Å². The number of aromatic nitrogens is 4. The Bertz CT molecular complexity index is 1180. The van der Waals surface area contributed by atoms with Gasteiger partial charge in [-0.1, -0.05) is 6.08 Å². The summed E-state index contributed by atoms with van der Waals surface area (Å²) in [4.78, 5) is 21.8. The number of nitrogens with zero attached hydrogens (tertiary/aromatic N) is 6. The molecule has 4 heterocycles. The largest absolute Gasteiger partial charge is 0.362 e. The molecule has 1 N–H and O–H groups in total. The number of rotatable bonds is 6. The highest BCUT2D eigenvalue weighted by molar-refractivity contribution is 7.85. The average Bonchev–Trinajstić information content (AvgIpc) is 3.60. The SMILES string of the molecule is N#CCC1(Nc2nc(N3CC=C(c4ncc(C5CC5)cn4)CC3)nc3c2[S@@](=O)CC3)CCC1. The van der Waals surface area contributed by atoms with Crippen LogP contribution in [-0.2, 0) is 17.2 Å². The minimum Gasteiger partial charge on any atom is -0.362 e. The van der Waals surface area contributed by atoms with Crippen LogP contribution in [0.15, 0.2) is 23.4 Å². The van der Waals surface area contributed by atoms with E-state index in [1.54, 1.807) is 0 Å². The van der Waals surface area contributed by atoms with Crippen LogP contribution in [0.3, 0.4) is 0 Å². The molecule has 0 radical (unpaired) electrons. The quantitative estimate of drug-likeness (QED) is 0.698. The summed E-state index contributed by atoms with van der Waals surface area (Å²) in [5.41, 5.74) is 3.04. The van der Waals surface area contributed by atoms with Crippen LogP contribution in [0.25, 0.3) is 5.57 Å². The number of nitriles is 1. The lowest BCUT2D eigenvalue weighted by atomic mass is 9.74. The average molecular weight is 462 g/mol. The summed E-state index contributed by atoms with van der Waals surface area (Å²) in [6, 6.07) is 2.31. The molecular formula is C24H27N7OS. The molecule has 0 aromatic carbocycles. The second kappa shape index (κ2) is 8.17. The Morgan fingerprint density at radius 3 is 2.67 bits per heavy atom. The van der Waals surface area contributed by atoms with E-state index in [-0.39, 0.29) is 5.54 Å². The molecule has 2 aliphatic carbocycles. The van der Waals surface area contributed by atoms with E-state index in [1.807, 2.05) is 12.4 Å². The maximum atomic E-state index is 12.7. The molecule has 0 unspecified atom stereocenters. The Hall–Kier alpha value is -2.86. The first-order valence-electron chi connectivity index (χ1n) is 11.8. The van der Waals surface area contributed by atoms with Crippen LogP contribution in [0.5, 0.6) is 0 Å². The number of hydrogen-bond donors (Lipinski definition) is 1. The topological polar surface area (TPSA) is 108 Å². The third kappa shape index (κ3) is 3.90. The van der Waals surface area contributed by atoms with Gasteiger partial charge in [0.1, 0.15) is 10.7 Å². The standard InChI is InChI=1S/C24H27N7OS/c25-10-9-24(7-1-8-24)30-22-20-19(6-13-33(20)32)28-23(29-22)31-11-4-17(5-12-31)21-26-14-18(15-27-21)16-2-3-16/h4,14-16H,1-3,5-9,11-13H2,(H,28,29,30)/t33-/m0/s1. The van der Waals surface area contributed by atoms with Gasteiger partial charge in [0.2, 0.25) is 5.95 Å². The zero-order valence-electron chi connectivity index (χ0n) is 18.6. The lowest BCUT2D eigenvalue weighted by Crippen LogP contribution is -2.45. The van der Waals surface area contributed by atoms with Crippen molar-refractivity contribution in [3.8, 4) is 6.07 Å². The van der Waals surface area contributed by atoms with E-state index < -0.39 is 10.8 Å². The van der Waals surface area contributed by atoms with E-state index in [0.717, 1.165) is 54.2 Å². The molecule has 9 heteroatoms. The number of anilines is 2. The van der Waals surface area contributed by atoms with Crippen molar-refractivity contribution in [2.24, 2.45) is 0 Å². The Kier molecular flexibility index (Phi) is 5.13. The molecule has 0 amide bonds. The summed E-state index contributed by atoms with van der Waals surface area (Å²) in [7, 11) is -1.09. The van der Waals surface area contributed by atoms with Crippen LogP contribution < -0.4 is 10.2 Å². The van der Waals surface area contributed by atoms with Gasteiger partial charge in [0.15, 0.2) is 5.82 Å². The van der Waals surface area contributed by atoms with E-state index in [1.165, 1.54) is 18.4 Å². The number of nitrogens with one attached hydrogen (secondary N) is 1. The first-order valence-corrected chi connectivity index (χ1v) is 13.2. The van der Waals surface area contributed by atoms with Gasteiger partial charge in [-0.3, -0.25) is 4.21 Å². The fraction of sp³-hybridized carbons (Fsp3) is 0.542. The maximum Gasteiger partial charge on any atom is 0.227 e. The molecule has 1 atom stereocenters. The Morgan fingerprint density at radius 2 is 2.03 bits per heavy atom. The number of hydrogen-bond acceptors (Lipinski definition) is 8. The first-order chi connectivity index (χ1) is 16.1. The van der Waals surface area contributed by atoms with Crippen LogP contribution in [-0.4, -0.2) is 48.5 Å². The molecule has 2 saturated carbocycles. The molecule has 0 bridgehead atoms. The molecule has 0 spiro atoms. The zero-order valence-corrected chi connectivity index (χ0v) is 19.4. The molecule has 8 nitrogen and oxygen atoms in total. The van der Waals surface area contributed by atoms with Crippen molar-refractivity contribution in [1.82, 2.24) is 19.9 Å². The van der Waals surface area contributed by atoms with E-state index in [4.69, 9.17) is 9.97 Å². The summed E-state index contributed by atoms with van der Waals surface area (Å²) in [6.07, 6.45) is 13.6. The smallest absolute Gasteiger partial charge is 0.227 e. The lowest BCUT2D eigenvalue weighted by molar-refractivity contribution is 0.282. The maximum absolute atomic E-state index is 12.7. The molecule has 2 aromatic rings. The minimum atomic E-state index is -1.09. The third-order valence-electron chi connectivity index (χ3n) is 7.29. The van der Waals surface area contributed by atoms with Crippen molar-refractivity contribution in [1.29, 1.82) is 5.26 Å². The molecular weight excluding hydrogens is 434 g/mol. The van der Waals surface area contributed by atoms with E-state index in [2.05, 4.69) is 32.3 Å². The van der Waals surface area contributed by atoms with Gasteiger partial charge in [0.05, 0.1) is 34.5 Å². The molecule has 33 heavy (non-hydrogen) atoms. The molecule has 170 valence electrons. The van der Waals surface area contributed by atoms with E-state index in [9.17, 15) is 9.47 Å². The fourth-order valence-corrected chi connectivity index (χ4v) is 6.25. The second-order valence-electron chi connectivity index (χ2n) is 9.58. The Balaban J connectivity index is 1.24. The molecule has 0 saturated heterocycles. The summed E-state index contributed by atoms with van der Waals surface area (Å²) in [6.45, 7) is 1.47. The first kappa shape index (κ1) is 20.7. The van der Waals surface area contributed by atoms with Gasteiger partial charge < -0.3 is 10.2 Å². The second-order valence-corrected chi connectivity index (χ2v) is 11.1.